The van der Waals surface area contributed by atoms with Crippen molar-refractivity contribution in [3.05, 3.63) is 35.9 Å². The Morgan fingerprint density at radius 3 is 2.28 bits per heavy atom. The van der Waals surface area contributed by atoms with Crippen LogP contribution in [-0.2, 0) is 19.6 Å². The number of ether oxygens (including phenoxy) is 1. The summed E-state index contributed by atoms with van der Waals surface area (Å²) in [7, 11) is -3.60. The highest BCUT2D eigenvalue weighted by Crippen LogP contribution is 2.13. The molecule has 1 atom stereocenters. The first kappa shape index (κ1) is 14.3. The van der Waals surface area contributed by atoms with Gasteiger partial charge in [-0.3, -0.25) is 14.1 Å². The Morgan fingerprint density at radius 2 is 1.83 bits per heavy atom. The van der Waals surface area contributed by atoms with Gasteiger partial charge < -0.3 is 4.74 Å². The molecule has 0 spiro atoms. The van der Waals surface area contributed by atoms with Gasteiger partial charge in [-0.05, 0) is 0 Å². The van der Waals surface area contributed by atoms with E-state index in [1.165, 1.54) is 12.1 Å². The minimum atomic E-state index is -4.67. The number of hydrogen-bond donors (Lipinski definition) is 1. The molecule has 0 amide bonds. The van der Waals surface area contributed by atoms with Gasteiger partial charge in [0.1, 0.15) is 0 Å². The summed E-state index contributed by atoms with van der Waals surface area (Å²) in [5.41, 5.74) is 0.101. The molecule has 0 saturated carbocycles. The summed E-state index contributed by atoms with van der Waals surface area (Å²) < 4.78 is 35.5. The van der Waals surface area contributed by atoms with Crippen molar-refractivity contribution in [1.82, 2.24) is 0 Å². The fraction of sp³-hybridized carbons (Fsp3) is 0.273. The summed E-state index contributed by atoms with van der Waals surface area (Å²) in [4.78, 5) is 23.0. The maximum atomic E-state index is 11.9. The van der Waals surface area contributed by atoms with Crippen LogP contribution in [0.15, 0.2) is 30.3 Å². The first-order chi connectivity index (χ1) is 8.36. The Hall–Kier alpha value is -1.73. The monoisotopic (exact) mass is 272 g/mol. The molecule has 0 bridgehead atoms. The average molecular weight is 272 g/mol. The van der Waals surface area contributed by atoms with Crippen LogP contribution in [-0.4, -0.2) is 37.1 Å². The van der Waals surface area contributed by atoms with Crippen LogP contribution in [0, 0.1) is 0 Å². The number of carbonyl (C=O) groups excluding carboxylic acids is 2. The number of Topliss-reactive ketones (excluding diaryl/α,β-unsaturated/α-hetero) is 1. The van der Waals surface area contributed by atoms with Crippen molar-refractivity contribution in [1.29, 1.82) is 0 Å². The molecule has 6 nitrogen and oxygen atoms in total. The Labute approximate surface area is 104 Å². The highest BCUT2D eigenvalue weighted by Gasteiger charge is 2.34. The van der Waals surface area contributed by atoms with Gasteiger partial charge in [0.05, 0.1) is 13.5 Å². The van der Waals surface area contributed by atoms with E-state index < -0.39 is 33.5 Å². The fourth-order valence-electron chi connectivity index (χ4n) is 1.36. The molecule has 0 fully saturated rings. The number of carbonyl (C=O) groups is 2. The number of esters is 1. The zero-order valence-electron chi connectivity index (χ0n) is 9.57. The van der Waals surface area contributed by atoms with Crippen LogP contribution in [0.1, 0.15) is 16.8 Å². The molecule has 1 rings (SSSR count). The molecule has 1 unspecified atom stereocenters. The van der Waals surface area contributed by atoms with Crippen LogP contribution >= 0.6 is 0 Å². The zero-order chi connectivity index (χ0) is 13.8. The van der Waals surface area contributed by atoms with E-state index in [2.05, 4.69) is 4.74 Å². The van der Waals surface area contributed by atoms with E-state index in [-0.39, 0.29) is 5.56 Å². The molecule has 0 heterocycles. The van der Waals surface area contributed by atoms with E-state index in [1.54, 1.807) is 18.2 Å². The first-order valence-electron chi connectivity index (χ1n) is 4.98. The van der Waals surface area contributed by atoms with Crippen molar-refractivity contribution < 1.29 is 27.3 Å². The Bertz CT molecular complexity index is 534. The number of hydrogen-bond acceptors (Lipinski definition) is 5. The van der Waals surface area contributed by atoms with Gasteiger partial charge in [0.25, 0.3) is 10.1 Å². The van der Waals surface area contributed by atoms with Gasteiger partial charge in [0.15, 0.2) is 11.0 Å². The Balaban J connectivity index is 3.05. The van der Waals surface area contributed by atoms with E-state index in [1.807, 2.05) is 0 Å². The van der Waals surface area contributed by atoms with Crippen molar-refractivity contribution in [3.8, 4) is 0 Å². The van der Waals surface area contributed by atoms with Gasteiger partial charge in [-0.25, -0.2) is 0 Å². The smallest absolute Gasteiger partial charge is 0.307 e. The normalized spacial score (nSPS) is 12.8. The van der Waals surface area contributed by atoms with E-state index in [0.717, 1.165) is 7.11 Å². The fourth-order valence-corrected chi connectivity index (χ4v) is 2.11. The van der Waals surface area contributed by atoms with Crippen LogP contribution in [0.4, 0.5) is 0 Å². The third-order valence-electron chi connectivity index (χ3n) is 2.29. The second-order valence-corrected chi connectivity index (χ2v) is 5.11. The van der Waals surface area contributed by atoms with Gasteiger partial charge in [-0.1, -0.05) is 30.3 Å². The van der Waals surface area contributed by atoms with Crippen molar-refractivity contribution in [2.75, 3.05) is 7.11 Å². The molecule has 0 saturated heterocycles. The number of methoxy groups -OCH3 is 1. The number of ketones is 1. The molecule has 1 N–H and O–H groups in total. The molecule has 98 valence electrons. The molecule has 0 aliphatic carbocycles. The second-order valence-electron chi connectivity index (χ2n) is 3.51. The standard InChI is InChI=1S/C11H12O6S/c1-17-10(12)7-9(18(14,15)16)11(13)8-5-3-2-4-6-8/h2-6,9H,7H2,1H3,(H,14,15,16). The summed E-state index contributed by atoms with van der Waals surface area (Å²) in [6, 6.07) is 7.55. The lowest BCUT2D eigenvalue weighted by atomic mass is 10.1. The molecule has 0 aliphatic rings. The summed E-state index contributed by atoms with van der Waals surface area (Å²) in [5.74, 6) is -1.73. The molecule has 7 heteroatoms. The summed E-state index contributed by atoms with van der Waals surface area (Å²) in [5, 5.41) is -1.84. The summed E-state index contributed by atoms with van der Waals surface area (Å²) in [6.45, 7) is 0. The van der Waals surface area contributed by atoms with E-state index in [4.69, 9.17) is 4.55 Å². The second kappa shape index (κ2) is 5.74. The molecule has 1 aromatic rings. The van der Waals surface area contributed by atoms with Crippen molar-refractivity contribution in [3.63, 3.8) is 0 Å². The molecule has 1 aromatic carbocycles. The van der Waals surface area contributed by atoms with E-state index in [0.29, 0.717) is 0 Å². The van der Waals surface area contributed by atoms with Crippen LogP contribution in [0.25, 0.3) is 0 Å². The van der Waals surface area contributed by atoms with Gasteiger partial charge >= 0.3 is 5.97 Å². The van der Waals surface area contributed by atoms with Crippen LogP contribution in [0.5, 0.6) is 0 Å². The summed E-state index contributed by atoms with van der Waals surface area (Å²) >= 11 is 0. The lowest BCUT2D eigenvalue weighted by molar-refractivity contribution is -0.140. The van der Waals surface area contributed by atoms with Gasteiger partial charge in [0.2, 0.25) is 0 Å². The first-order valence-corrected chi connectivity index (χ1v) is 6.49. The third kappa shape index (κ3) is 3.64. The predicted octanol–water partition coefficient (Wildman–Crippen LogP) is 0.689. The van der Waals surface area contributed by atoms with Crippen molar-refractivity contribution >= 4 is 21.9 Å². The molecule has 0 aromatic heterocycles. The summed E-state index contributed by atoms with van der Waals surface area (Å²) in [6.07, 6.45) is -0.719. The minimum absolute atomic E-state index is 0.101. The van der Waals surface area contributed by atoms with E-state index in [9.17, 15) is 18.0 Å². The van der Waals surface area contributed by atoms with Gasteiger partial charge in [-0.2, -0.15) is 8.42 Å². The highest BCUT2D eigenvalue weighted by atomic mass is 32.2. The predicted molar refractivity (Wildman–Crippen MR) is 62.7 cm³/mol. The number of benzene rings is 1. The van der Waals surface area contributed by atoms with Crippen LogP contribution < -0.4 is 0 Å². The SMILES string of the molecule is COC(=O)CC(C(=O)c1ccccc1)S(=O)(=O)O. The molecule has 0 radical (unpaired) electrons. The quantitative estimate of drug-likeness (QED) is 0.481. The Kier molecular flexibility index (Phi) is 4.57. The maximum Gasteiger partial charge on any atom is 0.307 e. The molecule has 0 aliphatic heterocycles. The van der Waals surface area contributed by atoms with Gasteiger partial charge in [0, 0.05) is 5.56 Å². The topological polar surface area (TPSA) is 97.7 Å². The number of rotatable bonds is 5. The van der Waals surface area contributed by atoms with Gasteiger partial charge in [-0.15, -0.1) is 0 Å². The molecular formula is C11H12O6S. The van der Waals surface area contributed by atoms with E-state index >= 15 is 0 Å². The Morgan fingerprint density at radius 1 is 1.28 bits per heavy atom. The highest BCUT2D eigenvalue weighted by molar-refractivity contribution is 7.87. The van der Waals surface area contributed by atoms with Crippen molar-refractivity contribution in [2.45, 2.75) is 11.7 Å². The molecular weight excluding hydrogens is 260 g/mol. The molecule has 18 heavy (non-hydrogen) atoms. The average Bonchev–Trinajstić information content (AvgIpc) is 2.34. The lowest BCUT2D eigenvalue weighted by Crippen LogP contribution is -2.32. The minimum Gasteiger partial charge on any atom is -0.469 e. The van der Waals surface area contributed by atoms with Crippen LogP contribution in [0.2, 0.25) is 0 Å². The third-order valence-corrected chi connectivity index (χ3v) is 3.39. The largest absolute Gasteiger partial charge is 0.469 e. The van der Waals surface area contributed by atoms with Crippen molar-refractivity contribution in [2.24, 2.45) is 0 Å². The van der Waals surface area contributed by atoms with Crippen LogP contribution in [0.3, 0.4) is 0 Å². The zero-order valence-corrected chi connectivity index (χ0v) is 10.4. The maximum absolute atomic E-state index is 11.9. The lowest BCUT2D eigenvalue weighted by Gasteiger charge is -2.11.